The van der Waals surface area contributed by atoms with Gasteiger partial charge in [0.1, 0.15) is 0 Å². The van der Waals surface area contributed by atoms with Crippen LogP contribution in [0.15, 0.2) is 6.07 Å². The van der Waals surface area contributed by atoms with E-state index in [1.54, 1.807) is 11.3 Å². The molecule has 1 atom stereocenters. The van der Waals surface area contributed by atoms with E-state index >= 15 is 0 Å². The maximum atomic E-state index is 5.98. The first kappa shape index (κ1) is 14.1. The summed E-state index contributed by atoms with van der Waals surface area (Å²) in [4.78, 5) is 10.8. The molecular formula is C13H17ClN4S. The van der Waals surface area contributed by atoms with Gasteiger partial charge in [-0.1, -0.05) is 0 Å². The summed E-state index contributed by atoms with van der Waals surface area (Å²) < 4.78 is 0. The number of nitrogen functional groups attached to an aromatic ring is 1. The van der Waals surface area contributed by atoms with Crippen LogP contribution in [0, 0.1) is 20.8 Å². The van der Waals surface area contributed by atoms with Crippen molar-refractivity contribution in [3.63, 3.8) is 0 Å². The monoisotopic (exact) mass is 296 g/mol. The summed E-state index contributed by atoms with van der Waals surface area (Å²) in [5.74, 6) is 0.591. The predicted molar refractivity (Wildman–Crippen MR) is 82.0 cm³/mol. The van der Waals surface area contributed by atoms with Crippen LogP contribution in [-0.2, 0) is 0 Å². The second kappa shape index (κ2) is 5.35. The van der Waals surface area contributed by atoms with Crippen molar-refractivity contribution in [1.82, 2.24) is 9.97 Å². The maximum Gasteiger partial charge on any atom is 0.224 e. The number of nitrogens with one attached hydrogen (secondary N) is 1. The van der Waals surface area contributed by atoms with E-state index < -0.39 is 0 Å². The zero-order valence-corrected chi connectivity index (χ0v) is 13.0. The van der Waals surface area contributed by atoms with Gasteiger partial charge in [-0.2, -0.15) is 4.98 Å². The predicted octanol–water partition coefficient (Wildman–Crippen LogP) is 3.87. The highest BCUT2D eigenvalue weighted by Crippen LogP contribution is 2.30. The van der Waals surface area contributed by atoms with Crippen molar-refractivity contribution in [2.24, 2.45) is 0 Å². The van der Waals surface area contributed by atoms with Gasteiger partial charge in [0.05, 0.1) is 17.4 Å². The molecule has 0 radical (unpaired) electrons. The molecule has 2 heterocycles. The van der Waals surface area contributed by atoms with Crippen LogP contribution in [0.3, 0.4) is 0 Å². The molecule has 1 unspecified atom stereocenters. The first-order valence-electron chi connectivity index (χ1n) is 6.01. The Hall–Kier alpha value is -1.33. The van der Waals surface area contributed by atoms with Crippen molar-refractivity contribution in [3.05, 3.63) is 32.4 Å². The average molecular weight is 297 g/mol. The molecule has 2 aromatic rings. The molecule has 2 rings (SSSR count). The molecule has 0 saturated heterocycles. The van der Waals surface area contributed by atoms with Crippen LogP contribution >= 0.6 is 22.9 Å². The minimum absolute atomic E-state index is 0.123. The summed E-state index contributed by atoms with van der Waals surface area (Å²) in [6.07, 6.45) is 0. The Bertz CT molecular complexity index is 609. The quantitative estimate of drug-likeness (QED) is 0.844. The van der Waals surface area contributed by atoms with Gasteiger partial charge in [0.25, 0.3) is 0 Å². The van der Waals surface area contributed by atoms with E-state index in [-0.39, 0.29) is 11.3 Å². The number of thiophene rings is 1. The van der Waals surface area contributed by atoms with Gasteiger partial charge in [-0.15, -0.1) is 11.3 Å². The number of aromatic nitrogens is 2. The fraction of sp³-hybridized carbons (Fsp3) is 0.385. The molecule has 0 amide bonds. The Labute approximate surface area is 122 Å². The normalized spacial score (nSPS) is 12.5. The number of anilines is 2. The molecule has 6 heteroatoms. The third kappa shape index (κ3) is 2.98. The molecule has 0 spiro atoms. The Morgan fingerprint density at radius 2 is 2.00 bits per heavy atom. The number of nitrogens with two attached hydrogens (primary N) is 1. The van der Waals surface area contributed by atoms with Crippen LogP contribution in [0.2, 0.25) is 5.28 Å². The molecule has 102 valence electrons. The fourth-order valence-electron chi connectivity index (χ4n) is 2.02. The van der Waals surface area contributed by atoms with Crippen LogP contribution in [0.1, 0.15) is 34.0 Å². The molecule has 0 bridgehead atoms. The van der Waals surface area contributed by atoms with Crippen molar-refractivity contribution in [1.29, 1.82) is 0 Å². The third-order valence-electron chi connectivity index (χ3n) is 3.01. The molecule has 0 aromatic carbocycles. The summed E-state index contributed by atoms with van der Waals surface area (Å²) in [6.45, 7) is 8.12. The number of hydrogen-bond acceptors (Lipinski definition) is 5. The lowest BCUT2D eigenvalue weighted by Gasteiger charge is -2.16. The van der Waals surface area contributed by atoms with E-state index in [4.69, 9.17) is 17.3 Å². The lowest BCUT2D eigenvalue weighted by atomic mass is 10.1. The van der Waals surface area contributed by atoms with Gasteiger partial charge >= 0.3 is 0 Å². The molecule has 3 N–H and O–H groups in total. The number of hydrogen-bond donors (Lipinski definition) is 2. The second-order valence-corrected chi connectivity index (χ2v) is 6.37. The first-order chi connectivity index (χ1) is 8.88. The zero-order valence-electron chi connectivity index (χ0n) is 11.4. The van der Waals surface area contributed by atoms with Crippen LogP contribution in [0.25, 0.3) is 0 Å². The van der Waals surface area contributed by atoms with Gasteiger partial charge in [-0.25, -0.2) is 4.98 Å². The Morgan fingerprint density at radius 1 is 1.32 bits per heavy atom. The van der Waals surface area contributed by atoms with Gasteiger partial charge in [0.2, 0.25) is 5.28 Å². The number of aryl methyl sites for hydroxylation is 3. The molecule has 0 saturated carbocycles. The van der Waals surface area contributed by atoms with Crippen LogP contribution in [-0.4, -0.2) is 9.97 Å². The van der Waals surface area contributed by atoms with E-state index in [2.05, 4.69) is 42.1 Å². The summed E-state index contributed by atoms with van der Waals surface area (Å²) in [5.41, 5.74) is 8.47. The molecule has 0 aliphatic carbocycles. The topological polar surface area (TPSA) is 63.8 Å². The van der Waals surface area contributed by atoms with Gasteiger partial charge in [-0.05, 0) is 50.9 Å². The SMILES string of the molecule is Cc1cc(C(C)Nc2nc(Cl)nc(C)c2N)c(C)s1. The highest BCUT2D eigenvalue weighted by molar-refractivity contribution is 7.12. The van der Waals surface area contributed by atoms with Crippen LogP contribution < -0.4 is 11.1 Å². The second-order valence-electron chi connectivity index (χ2n) is 4.57. The largest absolute Gasteiger partial charge is 0.394 e. The van der Waals surface area contributed by atoms with Crippen molar-refractivity contribution >= 4 is 34.4 Å². The van der Waals surface area contributed by atoms with E-state index in [1.165, 1.54) is 15.3 Å². The summed E-state index contributed by atoms with van der Waals surface area (Å²) in [7, 11) is 0. The lowest BCUT2D eigenvalue weighted by molar-refractivity contribution is 0.869. The van der Waals surface area contributed by atoms with Gasteiger partial charge < -0.3 is 11.1 Å². The minimum atomic E-state index is 0.123. The fourth-order valence-corrected chi connectivity index (χ4v) is 3.25. The van der Waals surface area contributed by atoms with Crippen LogP contribution in [0.4, 0.5) is 11.5 Å². The molecule has 2 aromatic heterocycles. The van der Waals surface area contributed by atoms with E-state index in [0.717, 1.165) is 0 Å². The Kier molecular flexibility index (Phi) is 3.96. The summed E-state index contributed by atoms with van der Waals surface area (Å²) in [5, 5.41) is 3.52. The van der Waals surface area contributed by atoms with Crippen molar-refractivity contribution in [2.45, 2.75) is 33.7 Å². The lowest BCUT2D eigenvalue weighted by Crippen LogP contribution is -2.11. The maximum absolute atomic E-state index is 5.98. The van der Waals surface area contributed by atoms with Crippen LogP contribution in [0.5, 0.6) is 0 Å². The highest BCUT2D eigenvalue weighted by atomic mass is 35.5. The van der Waals surface area contributed by atoms with Gasteiger partial charge in [0, 0.05) is 9.75 Å². The smallest absolute Gasteiger partial charge is 0.224 e. The molecule has 0 fully saturated rings. The van der Waals surface area contributed by atoms with Crippen molar-refractivity contribution in [3.8, 4) is 0 Å². The molecule has 0 aliphatic rings. The minimum Gasteiger partial charge on any atom is -0.394 e. The first-order valence-corrected chi connectivity index (χ1v) is 7.21. The zero-order chi connectivity index (χ0) is 14.2. The molecule has 19 heavy (non-hydrogen) atoms. The van der Waals surface area contributed by atoms with Gasteiger partial charge in [0.15, 0.2) is 5.82 Å². The average Bonchev–Trinajstić information content (AvgIpc) is 2.64. The van der Waals surface area contributed by atoms with E-state index in [0.29, 0.717) is 17.2 Å². The number of nitrogens with zero attached hydrogens (tertiary/aromatic N) is 2. The van der Waals surface area contributed by atoms with E-state index in [1.807, 2.05) is 6.92 Å². The van der Waals surface area contributed by atoms with Gasteiger partial charge in [-0.3, -0.25) is 0 Å². The van der Waals surface area contributed by atoms with Crippen molar-refractivity contribution < 1.29 is 0 Å². The highest BCUT2D eigenvalue weighted by Gasteiger charge is 2.14. The Balaban J connectivity index is 2.29. The standard InChI is InChI=1S/C13H17ClN4S/c1-6-5-10(9(4)19-6)7(2)16-12-11(15)8(3)17-13(14)18-12/h5,7H,15H2,1-4H3,(H,16,17,18). The third-order valence-corrected chi connectivity index (χ3v) is 4.16. The van der Waals surface area contributed by atoms with E-state index in [9.17, 15) is 0 Å². The summed E-state index contributed by atoms with van der Waals surface area (Å²) >= 11 is 7.66. The Morgan fingerprint density at radius 3 is 2.58 bits per heavy atom. The molecule has 0 aliphatic heterocycles. The summed E-state index contributed by atoms with van der Waals surface area (Å²) in [6, 6.07) is 2.31. The number of halogens is 1. The van der Waals surface area contributed by atoms with Crippen molar-refractivity contribution in [2.75, 3.05) is 11.1 Å². The number of rotatable bonds is 3. The molecular weight excluding hydrogens is 280 g/mol. The molecule has 4 nitrogen and oxygen atoms in total.